The molecule has 0 bridgehead atoms. The summed E-state index contributed by atoms with van der Waals surface area (Å²) in [5.41, 5.74) is 1.03. The third-order valence-corrected chi connectivity index (χ3v) is 2.42. The molecule has 102 valence electrons. The first-order chi connectivity index (χ1) is 8.61. The summed E-state index contributed by atoms with van der Waals surface area (Å²) in [6, 6.07) is 6.63. The minimum absolute atomic E-state index is 0.182. The minimum Gasteiger partial charge on any atom is -0.435 e. The highest BCUT2D eigenvalue weighted by molar-refractivity contribution is 5.27. The van der Waals surface area contributed by atoms with Gasteiger partial charge in [0.25, 0.3) is 0 Å². The van der Waals surface area contributed by atoms with Gasteiger partial charge in [-0.05, 0) is 23.6 Å². The fourth-order valence-corrected chi connectivity index (χ4v) is 1.60. The van der Waals surface area contributed by atoms with E-state index < -0.39 is 6.61 Å². The van der Waals surface area contributed by atoms with Gasteiger partial charge < -0.3 is 14.8 Å². The predicted octanol–water partition coefficient (Wildman–Crippen LogP) is 2.66. The van der Waals surface area contributed by atoms with Gasteiger partial charge in [0.1, 0.15) is 5.75 Å². The number of hydrogen-bond donors (Lipinski definition) is 1. The summed E-state index contributed by atoms with van der Waals surface area (Å²) in [4.78, 5) is 0. The van der Waals surface area contributed by atoms with Gasteiger partial charge in [-0.25, -0.2) is 0 Å². The number of rotatable bonds is 8. The van der Waals surface area contributed by atoms with Crippen molar-refractivity contribution in [1.82, 2.24) is 5.32 Å². The summed E-state index contributed by atoms with van der Waals surface area (Å²) in [6.07, 6.45) is 0. The van der Waals surface area contributed by atoms with E-state index in [0.717, 1.165) is 12.1 Å². The van der Waals surface area contributed by atoms with E-state index in [4.69, 9.17) is 4.74 Å². The molecule has 1 rings (SSSR count). The van der Waals surface area contributed by atoms with Crippen LogP contribution in [0.15, 0.2) is 24.3 Å². The molecule has 3 nitrogen and oxygen atoms in total. The standard InChI is InChI=1S/C13H19F2NO2/c1-10(9-17-2)7-16-8-11-3-5-12(6-4-11)18-13(14)15/h3-6,10,13,16H,7-9H2,1-2H3. The van der Waals surface area contributed by atoms with E-state index in [9.17, 15) is 8.78 Å². The van der Waals surface area contributed by atoms with Gasteiger partial charge in [-0.1, -0.05) is 19.1 Å². The molecule has 1 N–H and O–H groups in total. The lowest BCUT2D eigenvalue weighted by Gasteiger charge is -2.11. The molecule has 18 heavy (non-hydrogen) atoms. The molecule has 1 aromatic carbocycles. The molecule has 0 saturated heterocycles. The number of ether oxygens (including phenoxy) is 2. The largest absolute Gasteiger partial charge is 0.435 e. The summed E-state index contributed by atoms with van der Waals surface area (Å²) in [5.74, 6) is 0.623. The Labute approximate surface area is 106 Å². The van der Waals surface area contributed by atoms with Gasteiger partial charge in [-0.15, -0.1) is 0 Å². The zero-order valence-electron chi connectivity index (χ0n) is 10.7. The van der Waals surface area contributed by atoms with E-state index in [1.165, 1.54) is 0 Å². The summed E-state index contributed by atoms with van der Waals surface area (Å²) in [7, 11) is 1.68. The molecule has 0 aliphatic heterocycles. The first-order valence-electron chi connectivity index (χ1n) is 5.85. The van der Waals surface area contributed by atoms with Crippen molar-refractivity contribution in [3.63, 3.8) is 0 Å². The van der Waals surface area contributed by atoms with E-state index in [1.54, 1.807) is 31.4 Å². The number of alkyl halides is 2. The van der Waals surface area contributed by atoms with Crippen LogP contribution in [-0.4, -0.2) is 26.9 Å². The third kappa shape index (κ3) is 5.93. The van der Waals surface area contributed by atoms with Crippen molar-refractivity contribution in [2.75, 3.05) is 20.3 Å². The number of benzene rings is 1. The number of halogens is 2. The maximum atomic E-state index is 11.9. The van der Waals surface area contributed by atoms with Gasteiger partial charge in [0.2, 0.25) is 0 Å². The number of methoxy groups -OCH3 is 1. The van der Waals surface area contributed by atoms with E-state index in [0.29, 0.717) is 19.1 Å². The first kappa shape index (κ1) is 14.9. The highest BCUT2D eigenvalue weighted by atomic mass is 19.3. The molecule has 5 heteroatoms. The second-order valence-corrected chi connectivity index (χ2v) is 4.21. The first-order valence-corrected chi connectivity index (χ1v) is 5.85. The fraction of sp³-hybridized carbons (Fsp3) is 0.538. The van der Waals surface area contributed by atoms with Crippen LogP contribution in [0.25, 0.3) is 0 Å². The quantitative estimate of drug-likeness (QED) is 0.778. The average molecular weight is 259 g/mol. The van der Waals surface area contributed by atoms with E-state index >= 15 is 0 Å². The average Bonchev–Trinajstić information content (AvgIpc) is 2.31. The molecule has 1 unspecified atom stereocenters. The van der Waals surface area contributed by atoms with Gasteiger partial charge in [0.15, 0.2) is 0 Å². The topological polar surface area (TPSA) is 30.5 Å². The molecule has 0 saturated carbocycles. The van der Waals surface area contributed by atoms with Crippen LogP contribution in [0.4, 0.5) is 8.78 Å². The molecule has 0 heterocycles. The molecule has 0 aromatic heterocycles. The third-order valence-electron chi connectivity index (χ3n) is 2.42. The molecule has 0 spiro atoms. The van der Waals surface area contributed by atoms with Crippen molar-refractivity contribution >= 4 is 0 Å². The minimum atomic E-state index is -2.77. The monoisotopic (exact) mass is 259 g/mol. The van der Waals surface area contributed by atoms with Crippen LogP contribution in [0.2, 0.25) is 0 Å². The summed E-state index contributed by atoms with van der Waals surface area (Å²) in [5, 5.41) is 3.28. The van der Waals surface area contributed by atoms with Crippen LogP contribution in [0.5, 0.6) is 5.75 Å². The maximum Gasteiger partial charge on any atom is 0.387 e. The normalized spacial score (nSPS) is 12.7. The second kappa shape index (κ2) is 8.00. The Kier molecular flexibility index (Phi) is 6.60. The molecule has 0 amide bonds. The summed E-state index contributed by atoms with van der Waals surface area (Å²) >= 11 is 0. The molecule has 1 aromatic rings. The SMILES string of the molecule is COCC(C)CNCc1ccc(OC(F)F)cc1. The zero-order chi connectivity index (χ0) is 13.4. The molecule has 0 fully saturated rings. The Balaban J connectivity index is 2.30. The van der Waals surface area contributed by atoms with Crippen molar-refractivity contribution in [2.45, 2.75) is 20.1 Å². The van der Waals surface area contributed by atoms with Crippen LogP contribution in [0.1, 0.15) is 12.5 Å². The molecular weight excluding hydrogens is 240 g/mol. The van der Waals surface area contributed by atoms with Crippen molar-refractivity contribution in [2.24, 2.45) is 5.92 Å². The Morgan fingerprint density at radius 1 is 1.22 bits per heavy atom. The molecule has 1 atom stereocenters. The van der Waals surface area contributed by atoms with Crippen molar-refractivity contribution in [3.05, 3.63) is 29.8 Å². The number of hydrogen-bond acceptors (Lipinski definition) is 3. The van der Waals surface area contributed by atoms with Gasteiger partial charge >= 0.3 is 6.61 Å². The van der Waals surface area contributed by atoms with Gasteiger partial charge in [-0.2, -0.15) is 8.78 Å². The van der Waals surface area contributed by atoms with Crippen molar-refractivity contribution in [3.8, 4) is 5.75 Å². The smallest absolute Gasteiger partial charge is 0.387 e. The highest BCUT2D eigenvalue weighted by Crippen LogP contribution is 2.14. The Bertz CT molecular complexity index is 330. The van der Waals surface area contributed by atoms with Crippen LogP contribution in [0, 0.1) is 5.92 Å². The zero-order valence-corrected chi connectivity index (χ0v) is 10.7. The fourth-order valence-electron chi connectivity index (χ4n) is 1.60. The molecule has 0 radical (unpaired) electrons. The van der Waals surface area contributed by atoms with Crippen LogP contribution in [0.3, 0.4) is 0 Å². The lowest BCUT2D eigenvalue weighted by Crippen LogP contribution is -2.23. The van der Waals surface area contributed by atoms with Gasteiger partial charge in [-0.3, -0.25) is 0 Å². The Morgan fingerprint density at radius 3 is 2.44 bits per heavy atom. The number of nitrogens with one attached hydrogen (secondary N) is 1. The Hall–Kier alpha value is -1.20. The molecule has 0 aliphatic carbocycles. The maximum absolute atomic E-state index is 11.9. The van der Waals surface area contributed by atoms with Crippen LogP contribution >= 0.6 is 0 Å². The van der Waals surface area contributed by atoms with Crippen LogP contribution in [-0.2, 0) is 11.3 Å². The van der Waals surface area contributed by atoms with E-state index in [1.807, 2.05) is 0 Å². The molecular formula is C13H19F2NO2. The Morgan fingerprint density at radius 2 is 1.89 bits per heavy atom. The lowest BCUT2D eigenvalue weighted by molar-refractivity contribution is -0.0498. The second-order valence-electron chi connectivity index (χ2n) is 4.21. The van der Waals surface area contributed by atoms with Crippen molar-refractivity contribution in [1.29, 1.82) is 0 Å². The predicted molar refractivity (Wildman–Crippen MR) is 65.8 cm³/mol. The summed E-state index contributed by atoms with van der Waals surface area (Å²) in [6.45, 7) is 1.58. The van der Waals surface area contributed by atoms with E-state index in [-0.39, 0.29) is 5.75 Å². The molecule has 0 aliphatic rings. The lowest BCUT2D eigenvalue weighted by atomic mass is 10.2. The van der Waals surface area contributed by atoms with Gasteiger partial charge in [0.05, 0.1) is 0 Å². The van der Waals surface area contributed by atoms with Crippen LogP contribution < -0.4 is 10.1 Å². The van der Waals surface area contributed by atoms with Crippen molar-refractivity contribution < 1.29 is 18.3 Å². The highest BCUT2D eigenvalue weighted by Gasteiger charge is 2.04. The summed E-state index contributed by atoms with van der Waals surface area (Å²) < 4.78 is 33.2. The van der Waals surface area contributed by atoms with E-state index in [2.05, 4.69) is 17.0 Å². The van der Waals surface area contributed by atoms with Gasteiger partial charge in [0, 0.05) is 26.8 Å².